The zero-order chi connectivity index (χ0) is 19.4. The van der Waals surface area contributed by atoms with Crippen molar-refractivity contribution in [1.82, 2.24) is 10.2 Å². The van der Waals surface area contributed by atoms with E-state index in [1.165, 1.54) is 12.1 Å². The molecule has 0 radical (unpaired) electrons. The highest BCUT2D eigenvalue weighted by Crippen LogP contribution is 2.19. The second-order valence-corrected chi connectivity index (χ2v) is 7.43. The fourth-order valence-corrected chi connectivity index (χ4v) is 3.59. The monoisotopic (exact) mass is 421 g/mol. The number of rotatable bonds is 3. The Hall–Kier alpha value is -2.15. The van der Waals surface area contributed by atoms with Gasteiger partial charge in [0.2, 0.25) is 0 Å². The highest BCUT2D eigenvalue weighted by molar-refractivity contribution is 7.80. The number of halogens is 2. The van der Waals surface area contributed by atoms with E-state index in [1.807, 2.05) is 4.90 Å². The SMILES string of the molecule is O=C(NC(=S)Nc1cccc(C(=O)N2CCCC2)c1)c1cc(Cl)cc(Cl)c1. The lowest BCUT2D eigenvalue weighted by atomic mass is 10.2. The molecule has 0 atom stereocenters. The molecule has 1 heterocycles. The van der Waals surface area contributed by atoms with Gasteiger partial charge in [0.05, 0.1) is 0 Å². The lowest BCUT2D eigenvalue weighted by Crippen LogP contribution is -2.34. The first-order valence-corrected chi connectivity index (χ1v) is 9.56. The minimum Gasteiger partial charge on any atom is -0.339 e. The Labute approximate surface area is 172 Å². The third-order valence-corrected chi connectivity index (χ3v) is 4.75. The van der Waals surface area contributed by atoms with Crippen molar-refractivity contribution in [1.29, 1.82) is 0 Å². The molecule has 1 aliphatic rings. The largest absolute Gasteiger partial charge is 0.339 e. The Kier molecular flexibility index (Phi) is 6.31. The first-order valence-electron chi connectivity index (χ1n) is 8.40. The van der Waals surface area contributed by atoms with E-state index in [-0.39, 0.29) is 11.0 Å². The van der Waals surface area contributed by atoms with Gasteiger partial charge in [-0.2, -0.15) is 0 Å². The molecular weight excluding hydrogens is 405 g/mol. The number of amides is 2. The number of hydrogen-bond donors (Lipinski definition) is 2. The molecule has 140 valence electrons. The second kappa shape index (κ2) is 8.69. The van der Waals surface area contributed by atoms with Crippen molar-refractivity contribution < 1.29 is 9.59 Å². The first-order chi connectivity index (χ1) is 12.9. The van der Waals surface area contributed by atoms with Crippen molar-refractivity contribution >= 4 is 58.0 Å². The van der Waals surface area contributed by atoms with Gasteiger partial charge >= 0.3 is 0 Å². The molecule has 0 bridgehead atoms. The molecule has 2 N–H and O–H groups in total. The van der Waals surface area contributed by atoms with Gasteiger partial charge in [-0.15, -0.1) is 0 Å². The Balaban J connectivity index is 1.64. The van der Waals surface area contributed by atoms with Crippen molar-refractivity contribution in [3.05, 3.63) is 63.6 Å². The third-order valence-electron chi connectivity index (χ3n) is 4.11. The molecule has 2 aromatic carbocycles. The molecule has 1 saturated heterocycles. The van der Waals surface area contributed by atoms with Gasteiger partial charge in [-0.1, -0.05) is 29.3 Å². The molecule has 2 aromatic rings. The van der Waals surface area contributed by atoms with Crippen molar-refractivity contribution in [2.45, 2.75) is 12.8 Å². The van der Waals surface area contributed by atoms with E-state index < -0.39 is 5.91 Å². The highest BCUT2D eigenvalue weighted by Gasteiger charge is 2.19. The predicted molar refractivity (Wildman–Crippen MR) is 112 cm³/mol. The molecule has 0 spiro atoms. The van der Waals surface area contributed by atoms with Gasteiger partial charge in [0, 0.05) is 39.9 Å². The zero-order valence-electron chi connectivity index (χ0n) is 14.3. The predicted octanol–water partition coefficient (Wildman–Crippen LogP) is 4.36. The van der Waals surface area contributed by atoms with Crippen molar-refractivity contribution in [2.75, 3.05) is 18.4 Å². The number of hydrogen-bond acceptors (Lipinski definition) is 3. The second-order valence-electron chi connectivity index (χ2n) is 6.15. The number of nitrogens with one attached hydrogen (secondary N) is 2. The minimum absolute atomic E-state index is 0.000303. The fraction of sp³-hybridized carbons (Fsp3) is 0.211. The quantitative estimate of drug-likeness (QED) is 0.722. The lowest BCUT2D eigenvalue weighted by molar-refractivity contribution is 0.0792. The average molecular weight is 422 g/mol. The van der Waals surface area contributed by atoms with Crippen LogP contribution in [0.1, 0.15) is 33.6 Å². The van der Waals surface area contributed by atoms with Crippen LogP contribution in [0, 0.1) is 0 Å². The summed E-state index contributed by atoms with van der Waals surface area (Å²) in [7, 11) is 0. The number of carbonyl (C=O) groups is 2. The average Bonchev–Trinajstić information content (AvgIpc) is 3.15. The summed E-state index contributed by atoms with van der Waals surface area (Å²) in [4.78, 5) is 26.6. The summed E-state index contributed by atoms with van der Waals surface area (Å²) in [5, 5.41) is 6.33. The minimum atomic E-state index is -0.429. The van der Waals surface area contributed by atoms with Gasteiger partial charge in [0.25, 0.3) is 11.8 Å². The topological polar surface area (TPSA) is 61.4 Å². The van der Waals surface area contributed by atoms with Crippen LogP contribution in [-0.2, 0) is 0 Å². The molecule has 0 aliphatic carbocycles. The zero-order valence-corrected chi connectivity index (χ0v) is 16.6. The summed E-state index contributed by atoms with van der Waals surface area (Å²) in [5.41, 5.74) is 1.50. The number of nitrogens with zero attached hydrogens (tertiary/aromatic N) is 1. The van der Waals surface area contributed by atoms with Gasteiger partial charge in [-0.3, -0.25) is 14.9 Å². The van der Waals surface area contributed by atoms with E-state index in [0.29, 0.717) is 26.9 Å². The number of anilines is 1. The molecule has 8 heteroatoms. The highest BCUT2D eigenvalue weighted by atomic mass is 35.5. The van der Waals surface area contributed by atoms with Gasteiger partial charge in [0.15, 0.2) is 5.11 Å². The number of carbonyl (C=O) groups excluding carboxylic acids is 2. The Morgan fingerprint density at radius 3 is 2.30 bits per heavy atom. The molecule has 27 heavy (non-hydrogen) atoms. The van der Waals surface area contributed by atoms with Crippen molar-refractivity contribution in [3.63, 3.8) is 0 Å². The summed E-state index contributed by atoms with van der Waals surface area (Å²) in [6.45, 7) is 1.57. The smallest absolute Gasteiger partial charge is 0.257 e. The molecule has 0 saturated carbocycles. The maximum atomic E-state index is 12.5. The van der Waals surface area contributed by atoms with E-state index in [9.17, 15) is 9.59 Å². The summed E-state index contributed by atoms with van der Waals surface area (Å²) in [6.07, 6.45) is 2.07. The van der Waals surface area contributed by atoms with E-state index in [2.05, 4.69) is 10.6 Å². The molecule has 1 aliphatic heterocycles. The molecule has 0 aromatic heterocycles. The maximum absolute atomic E-state index is 12.5. The standard InChI is InChI=1S/C19H17Cl2N3O2S/c20-14-8-13(9-15(21)11-14)17(25)23-19(27)22-16-5-3-4-12(10-16)18(26)24-6-1-2-7-24/h3-5,8-11H,1-2,6-7H2,(H2,22,23,25,27). The van der Waals surface area contributed by atoms with Crippen molar-refractivity contribution in [2.24, 2.45) is 0 Å². The summed E-state index contributed by atoms with van der Waals surface area (Å²) >= 11 is 17.0. The molecule has 0 unspecified atom stereocenters. The van der Waals surface area contributed by atoms with Crippen molar-refractivity contribution in [3.8, 4) is 0 Å². The van der Waals surface area contributed by atoms with Crippen LogP contribution in [0.5, 0.6) is 0 Å². The van der Waals surface area contributed by atoms with Crippen LogP contribution in [0.4, 0.5) is 5.69 Å². The molecule has 2 amide bonds. The molecule has 3 rings (SSSR count). The summed E-state index contributed by atoms with van der Waals surface area (Å²) < 4.78 is 0. The van der Waals surface area contributed by atoms with Gasteiger partial charge in [-0.05, 0) is 61.5 Å². The van der Waals surface area contributed by atoms with Gasteiger partial charge in [0.1, 0.15) is 0 Å². The Bertz CT molecular complexity index is 878. The van der Waals surface area contributed by atoms with Crippen LogP contribution in [-0.4, -0.2) is 34.9 Å². The van der Waals surface area contributed by atoms with Crippen LogP contribution in [0.25, 0.3) is 0 Å². The van der Waals surface area contributed by atoms with E-state index in [4.69, 9.17) is 35.4 Å². The number of thiocarbonyl (C=S) groups is 1. The van der Waals surface area contributed by atoms with E-state index in [1.54, 1.807) is 30.3 Å². The number of likely N-dealkylation sites (tertiary alicyclic amines) is 1. The Morgan fingerprint density at radius 2 is 1.63 bits per heavy atom. The lowest BCUT2D eigenvalue weighted by Gasteiger charge is -2.16. The summed E-state index contributed by atoms with van der Waals surface area (Å²) in [6, 6.07) is 11.6. The van der Waals surface area contributed by atoms with Gasteiger partial charge < -0.3 is 10.2 Å². The van der Waals surface area contributed by atoms with E-state index in [0.717, 1.165) is 25.9 Å². The maximum Gasteiger partial charge on any atom is 0.257 e. The van der Waals surface area contributed by atoms with E-state index >= 15 is 0 Å². The third kappa shape index (κ3) is 5.19. The summed E-state index contributed by atoms with van der Waals surface area (Å²) in [5.74, 6) is -0.430. The van der Waals surface area contributed by atoms with Crippen LogP contribution in [0.15, 0.2) is 42.5 Å². The Morgan fingerprint density at radius 1 is 0.963 bits per heavy atom. The van der Waals surface area contributed by atoms with Crippen LogP contribution >= 0.6 is 35.4 Å². The van der Waals surface area contributed by atoms with Gasteiger partial charge in [-0.25, -0.2) is 0 Å². The molecule has 1 fully saturated rings. The van der Waals surface area contributed by atoms with Crippen LogP contribution < -0.4 is 10.6 Å². The normalized spacial score (nSPS) is 13.3. The fourth-order valence-electron chi connectivity index (χ4n) is 2.86. The number of benzene rings is 2. The van der Waals surface area contributed by atoms with Crippen LogP contribution in [0.2, 0.25) is 10.0 Å². The first kappa shape index (κ1) is 19.6. The molecule has 5 nitrogen and oxygen atoms in total. The van der Waals surface area contributed by atoms with Crippen LogP contribution in [0.3, 0.4) is 0 Å². The molecular formula is C19H17Cl2N3O2S.